The number of carbonyl (C=O) groups is 2. The first-order chi connectivity index (χ1) is 14.2. The molecule has 2 aromatic rings. The molecule has 0 radical (unpaired) electrons. The van der Waals surface area contributed by atoms with Crippen molar-refractivity contribution in [2.45, 2.75) is 20.8 Å². The van der Waals surface area contributed by atoms with Crippen molar-refractivity contribution in [2.24, 2.45) is 5.92 Å². The molecule has 0 unspecified atom stereocenters. The zero-order valence-corrected chi connectivity index (χ0v) is 18.3. The first-order valence-electron chi connectivity index (χ1n) is 9.30. The fourth-order valence-corrected chi connectivity index (χ4v) is 2.88. The van der Waals surface area contributed by atoms with Crippen LogP contribution in [0.15, 0.2) is 30.6 Å². The average molecular weight is 429 g/mol. The molecule has 2 amide bonds. The van der Waals surface area contributed by atoms with Crippen LogP contribution in [0.2, 0.25) is 0 Å². The summed E-state index contributed by atoms with van der Waals surface area (Å²) in [5, 5.41) is 10.6. The highest BCUT2D eigenvalue weighted by Crippen LogP contribution is 2.19. The summed E-state index contributed by atoms with van der Waals surface area (Å²) in [5.74, 6) is -1.09. The second kappa shape index (κ2) is 12.3. The summed E-state index contributed by atoms with van der Waals surface area (Å²) < 4.78 is 0.995. The largest absolute Gasteiger partial charge is 0.396 e. The Morgan fingerprint density at radius 1 is 1.40 bits per heavy atom. The number of hydrogen-bond donors (Lipinski definition) is 3. The minimum absolute atomic E-state index is 0.216. The summed E-state index contributed by atoms with van der Waals surface area (Å²) >= 11 is 1.54. The van der Waals surface area contributed by atoms with Crippen LogP contribution in [0.1, 0.15) is 26.3 Å². The van der Waals surface area contributed by atoms with Crippen LogP contribution < -0.4 is 20.9 Å². The Kier molecular flexibility index (Phi) is 10.1. The third-order valence-electron chi connectivity index (χ3n) is 3.82. The van der Waals surface area contributed by atoms with E-state index in [0.717, 1.165) is 16.1 Å². The Bertz CT molecular complexity index is 999. The zero-order valence-electron chi connectivity index (χ0n) is 17.5. The summed E-state index contributed by atoms with van der Waals surface area (Å²) in [6.07, 6.45) is 7.36. The lowest BCUT2D eigenvalue weighted by Crippen LogP contribution is -2.41. The highest BCUT2D eigenvalue weighted by atomic mass is 32.1. The van der Waals surface area contributed by atoms with Gasteiger partial charge in [-0.2, -0.15) is 0 Å². The Hall–Kier alpha value is -3.33. The third-order valence-corrected chi connectivity index (χ3v) is 4.52. The molecule has 8 nitrogen and oxygen atoms in total. The third kappa shape index (κ3) is 7.25. The molecule has 9 heteroatoms. The van der Waals surface area contributed by atoms with Crippen LogP contribution in [0.3, 0.4) is 0 Å². The van der Waals surface area contributed by atoms with Gasteiger partial charge >= 0.3 is 11.8 Å². The van der Waals surface area contributed by atoms with Crippen molar-refractivity contribution in [3.8, 4) is 0 Å². The number of nitrogens with one attached hydrogen (secondary N) is 2. The minimum atomic E-state index is -0.756. The molecule has 0 atom stereocenters. The Labute approximate surface area is 180 Å². The SMILES string of the molecule is C=C/C=c1/ncsc1=C.CCN(CC(C)C)C(=O)C(=O)Nc1cncc(C=N)c1N. The van der Waals surface area contributed by atoms with Gasteiger partial charge in [-0.3, -0.25) is 14.6 Å². The molecule has 0 aliphatic rings. The van der Waals surface area contributed by atoms with Gasteiger partial charge < -0.3 is 21.4 Å². The number of nitrogens with zero attached hydrogens (tertiary/aromatic N) is 3. The number of pyridine rings is 1. The van der Waals surface area contributed by atoms with Gasteiger partial charge in [0, 0.05) is 35.6 Å². The number of rotatable bonds is 6. The van der Waals surface area contributed by atoms with Gasteiger partial charge in [0.05, 0.1) is 28.4 Å². The normalized spacial score (nSPS) is 10.7. The molecular formula is C21H28N6O2S. The molecule has 2 aromatic heterocycles. The average Bonchev–Trinajstić information content (AvgIpc) is 3.12. The van der Waals surface area contributed by atoms with E-state index < -0.39 is 11.8 Å². The van der Waals surface area contributed by atoms with Crippen LogP contribution in [0.4, 0.5) is 11.4 Å². The zero-order chi connectivity index (χ0) is 22.7. The maximum absolute atomic E-state index is 12.1. The molecule has 0 aromatic carbocycles. The van der Waals surface area contributed by atoms with Crippen LogP contribution in [0, 0.1) is 11.3 Å². The van der Waals surface area contributed by atoms with Crippen LogP contribution >= 0.6 is 11.3 Å². The summed E-state index contributed by atoms with van der Waals surface area (Å²) in [6, 6.07) is 0. The van der Waals surface area contributed by atoms with Gasteiger partial charge in [-0.25, -0.2) is 4.98 Å². The van der Waals surface area contributed by atoms with Gasteiger partial charge in [0.25, 0.3) is 0 Å². The van der Waals surface area contributed by atoms with Gasteiger partial charge in [0.2, 0.25) is 0 Å². The Balaban J connectivity index is 0.000000414. The molecule has 0 aliphatic carbocycles. The van der Waals surface area contributed by atoms with E-state index in [2.05, 4.69) is 28.4 Å². The first-order valence-corrected chi connectivity index (χ1v) is 10.2. The predicted molar refractivity (Wildman–Crippen MR) is 124 cm³/mol. The number of thiazole rings is 1. The standard InChI is InChI=1S/C14H21N5O2.C7H7NS/c1-4-19(8-9(2)3)14(21)13(20)18-11-7-17-6-10(5-15)12(11)16;1-3-4-7-6(2)9-5-8-7/h5-7,9,15H,4,8H2,1-3H3,(H2,16,17)(H,18,20);3-5H,1-2H2/b;7-4+. The molecule has 2 heterocycles. The molecular weight excluding hydrogens is 400 g/mol. The van der Waals surface area contributed by atoms with E-state index in [0.29, 0.717) is 18.7 Å². The van der Waals surface area contributed by atoms with E-state index >= 15 is 0 Å². The maximum atomic E-state index is 12.1. The van der Waals surface area contributed by atoms with E-state index in [4.69, 9.17) is 11.1 Å². The summed E-state index contributed by atoms with van der Waals surface area (Å²) in [7, 11) is 0. The van der Waals surface area contributed by atoms with Crippen molar-refractivity contribution in [3.05, 3.63) is 46.0 Å². The van der Waals surface area contributed by atoms with Crippen molar-refractivity contribution in [2.75, 3.05) is 24.1 Å². The van der Waals surface area contributed by atoms with Gasteiger partial charge in [0.15, 0.2) is 0 Å². The fourth-order valence-electron chi connectivity index (χ4n) is 2.34. The summed E-state index contributed by atoms with van der Waals surface area (Å²) in [4.78, 5) is 33.5. The first kappa shape index (κ1) is 24.7. The number of likely N-dealkylation sites (N-methyl/N-ethyl adjacent to an activating group) is 1. The Morgan fingerprint density at radius 2 is 2.10 bits per heavy atom. The smallest absolute Gasteiger partial charge is 0.314 e. The predicted octanol–water partition coefficient (Wildman–Crippen LogP) is 1.62. The molecule has 0 saturated carbocycles. The number of hydrogen-bond acceptors (Lipinski definition) is 7. The number of amides is 2. The molecule has 160 valence electrons. The summed E-state index contributed by atoms with van der Waals surface area (Å²) in [6.45, 7) is 14.1. The lowest BCUT2D eigenvalue weighted by molar-refractivity contribution is -0.143. The monoisotopic (exact) mass is 428 g/mol. The van der Waals surface area contributed by atoms with Crippen LogP contribution in [-0.4, -0.2) is 46.0 Å². The molecule has 0 fully saturated rings. The lowest BCUT2D eigenvalue weighted by atomic mass is 10.2. The maximum Gasteiger partial charge on any atom is 0.314 e. The second-order valence-electron chi connectivity index (χ2n) is 6.59. The van der Waals surface area contributed by atoms with Crippen LogP contribution in [0.5, 0.6) is 0 Å². The number of anilines is 2. The molecule has 0 bridgehead atoms. The molecule has 2 rings (SSSR count). The van der Waals surface area contributed by atoms with E-state index in [-0.39, 0.29) is 17.3 Å². The lowest BCUT2D eigenvalue weighted by Gasteiger charge is -2.22. The number of carbonyl (C=O) groups excluding carboxylic acids is 2. The van der Waals surface area contributed by atoms with Gasteiger partial charge in [-0.1, -0.05) is 33.1 Å². The van der Waals surface area contributed by atoms with E-state index in [1.165, 1.54) is 17.3 Å². The van der Waals surface area contributed by atoms with Crippen molar-refractivity contribution in [1.29, 1.82) is 5.41 Å². The minimum Gasteiger partial charge on any atom is -0.396 e. The number of allylic oxidation sites excluding steroid dienone is 1. The number of aromatic nitrogens is 2. The molecule has 30 heavy (non-hydrogen) atoms. The summed E-state index contributed by atoms with van der Waals surface area (Å²) in [5.41, 5.74) is 8.41. The second-order valence-corrected chi connectivity index (χ2v) is 7.53. The number of nitrogens with two attached hydrogens (primary N) is 1. The van der Waals surface area contributed by atoms with Crippen molar-refractivity contribution >= 4 is 53.4 Å². The van der Waals surface area contributed by atoms with Crippen molar-refractivity contribution in [3.63, 3.8) is 0 Å². The quantitative estimate of drug-likeness (QED) is 0.476. The highest BCUT2D eigenvalue weighted by molar-refractivity contribution is 7.07. The van der Waals surface area contributed by atoms with E-state index in [1.54, 1.807) is 22.9 Å². The topological polar surface area (TPSA) is 125 Å². The van der Waals surface area contributed by atoms with Gasteiger partial charge in [-0.15, -0.1) is 11.3 Å². The molecule has 0 spiro atoms. The fraction of sp³-hybridized carbons (Fsp3) is 0.286. The van der Waals surface area contributed by atoms with Gasteiger partial charge in [0.1, 0.15) is 0 Å². The van der Waals surface area contributed by atoms with Crippen LogP contribution in [-0.2, 0) is 9.59 Å². The van der Waals surface area contributed by atoms with E-state index in [9.17, 15) is 9.59 Å². The van der Waals surface area contributed by atoms with E-state index in [1.807, 2.05) is 26.8 Å². The number of nitrogen functional groups attached to an aromatic ring is 1. The van der Waals surface area contributed by atoms with Crippen molar-refractivity contribution in [1.82, 2.24) is 14.9 Å². The Morgan fingerprint density at radius 3 is 2.60 bits per heavy atom. The highest BCUT2D eigenvalue weighted by Gasteiger charge is 2.22. The molecule has 4 N–H and O–H groups in total. The molecule has 0 saturated heterocycles. The van der Waals surface area contributed by atoms with Gasteiger partial charge in [-0.05, 0) is 18.9 Å². The molecule has 0 aliphatic heterocycles. The van der Waals surface area contributed by atoms with Crippen molar-refractivity contribution < 1.29 is 9.59 Å². The van der Waals surface area contributed by atoms with Crippen LogP contribution in [0.25, 0.3) is 12.7 Å².